The van der Waals surface area contributed by atoms with Gasteiger partial charge in [0, 0.05) is 5.92 Å². The van der Waals surface area contributed by atoms with Crippen LogP contribution in [0.15, 0.2) is 12.2 Å². The van der Waals surface area contributed by atoms with E-state index in [0.29, 0.717) is 6.42 Å². The van der Waals surface area contributed by atoms with Crippen LogP contribution in [0.2, 0.25) is 0 Å². The molecular formula is C13H23NO3S. The Balaban J connectivity index is 2.49. The predicted octanol–water partition coefficient (Wildman–Crippen LogP) is 2.22. The van der Waals surface area contributed by atoms with Crippen molar-refractivity contribution in [1.82, 2.24) is 4.72 Å². The van der Waals surface area contributed by atoms with E-state index in [0.717, 1.165) is 25.7 Å². The summed E-state index contributed by atoms with van der Waals surface area (Å²) in [4.78, 5) is 11.8. The fourth-order valence-corrected chi connectivity index (χ4v) is 3.73. The maximum atomic E-state index is 11.8. The Morgan fingerprint density at radius 3 is 2.72 bits per heavy atom. The highest BCUT2D eigenvalue weighted by Crippen LogP contribution is 2.18. The van der Waals surface area contributed by atoms with Gasteiger partial charge >= 0.3 is 0 Å². The minimum atomic E-state index is -3.48. The third-order valence-corrected chi connectivity index (χ3v) is 4.70. The highest BCUT2D eigenvalue weighted by molar-refractivity contribution is 7.90. The number of amides is 1. The van der Waals surface area contributed by atoms with Gasteiger partial charge in [-0.05, 0) is 31.6 Å². The summed E-state index contributed by atoms with van der Waals surface area (Å²) in [6.07, 6.45) is 8.03. The van der Waals surface area contributed by atoms with Gasteiger partial charge in [-0.15, -0.1) is 0 Å². The van der Waals surface area contributed by atoms with E-state index in [1.54, 1.807) is 0 Å². The summed E-state index contributed by atoms with van der Waals surface area (Å²) in [5.41, 5.74) is 0. The molecule has 0 unspecified atom stereocenters. The van der Waals surface area contributed by atoms with Crippen molar-refractivity contribution in [3.8, 4) is 0 Å². The molecule has 1 aliphatic rings. The van der Waals surface area contributed by atoms with Crippen LogP contribution >= 0.6 is 0 Å². The van der Waals surface area contributed by atoms with Crippen molar-refractivity contribution < 1.29 is 13.2 Å². The van der Waals surface area contributed by atoms with Gasteiger partial charge in [0.15, 0.2) is 0 Å². The van der Waals surface area contributed by atoms with Crippen molar-refractivity contribution in [3.05, 3.63) is 12.2 Å². The smallest absolute Gasteiger partial charge is 0.236 e. The van der Waals surface area contributed by atoms with Gasteiger partial charge in [-0.3, -0.25) is 9.52 Å². The maximum absolute atomic E-state index is 11.8. The Morgan fingerprint density at radius 2 is 2.17 bits per heavy atom. The van der Waals surface area contributed by atoms with E-state index in [-0.39, 0.29) is 23.5 Å². The summed E-state index contributed by atoms with van der Waals surface area (Å²) in [7, 11) is -3.48. The molecule has 0 aromatic carbocycles. The zero-order chi connectivity index (χ0) is 13.6. The number of nitrogens with one attached hydrogen (secondary N) is 1. The number of sulfonamides is 1. The molecule has 104 valence electrons. The van der Waals surface area contributed by atoms with Crippen LogP contribution in [0.4, 0.5) is 0 Å². The molecule has 1 N–H and O–H groups in total. The number of allylic oxidation sites excluding steroid dienone is 2. The predicted molar refractivity (Wildman–Crippen MR) is 72.5 cm³/mol. The molecule has 5 heteroatoms. The standard InChI is InChI=1S/C13H23NO3S/c1-3-7-11(2)10-18(16,17)14-13(15)12-8-5-4-6-9-12/h4-5,11-12H,3,6-10H2,1-2H3,(H,14,15)/t11-,12-/m0/s1. The first-order valence-corrected chi connectivity index (χ1v) is 8.29. The summed E-state index contributed by atoms with van der Waals surface area (Å²) < 4.78 is 25.9. The second-order valence-electron chi connectivity index (χ2n) is 5.12. The number of carbonyl (C=O) groups is 1. The van der Waals surface area contributed by atoms with Crippen LogP contribution in [0.25, 0.3) is 0 Å². The number of hydrogen-bond acceptors (Lipinski definition) is 3. The lowest BCUT2D eigenvalue weighted by Gasteiger charge is -2.18. The Morgan fingerprint density at radius 1 is 1.44 bits per heavy atom. The summed E-state index contributed by atoms with van der Waals surface area (Å²) >= 11 is 0. The topological polar surface area (TPSA) is 63.2 Å². The zero-order valence-electron chi connectivity index (χ0n) is 11.2. The summed E-state index contributed by atoms with van der Waals surface area (Å²) in [6.45, 7) is 3.92. The van der Waals surface area contributed by atoms with E-state index in [2.05, 4.69) is 4.72 Å². The first kappa shape index (κ1) is 15.2. The Bertz CT molecular complexity index is 400. The van der Waals surface area contributed by atoms with E-state index in [4.69, 9.17) is 0 Å². The fourth-order valence-electron chi connectivity index (χ4n) is 2.26. The van der Waals surface area contributed by atoms with Crippen molar-refractivity contribution in [3.63, 3.8) is 0 Å². The summed E-state index contributed by atoms with van der Waals surface area (Å²) in [6, 6.07) is 0. The molecule has 0 aromatic rings. The van der Waals surface area contributed by atoms with Crippen LogP contribution < -0.4 is 4.72 Å². The van der Waals surface area contributed by atoms with Crippen molar-refractivity contribution in [1.29, 1.82) is 0 Å². The van der Waals surface area contributed by atoms with Crippen LogP contribution in [-0.4, -0.2) is 20.1 Å². The first-order valence-electron chi connectivity index (χ1n) is 6.64. The number of carbonyl (C=O) groups excluding carboxylic acids is 1. The molecule has 0 saturated heterocycles. The minimum Gasteiger partial charge on any atom is -0.274 e. The Kier molecular flexibility index (Phi) is 5.85. The van der Waals surface area contributed by atoms with Gasteiger partial charge in [0.25, 0.3) is 0 Å². The monoisotopic (exact) mass is 273 g/mol. The van der Waals surface area contributed by atoms with Gasteiger partial charge < -0.3 is 0 Å². The molecule has 2 atom stereocenters. The number of rotatable bonds is 6. The largest absolute Gasteiger partial charge is 0.274 e. The van der Waals surface area contributed by atoms with Crippen molar-refractivity contribution in [2.45, 2.75) is 46.0 Å². The SMILES string of the molecule is CCC[C@H](C)CS(=O)(=O)NC(=O)[C@H]1CC=CCC1. The lowest BCUT2D eigenvalue weighted by molar-refractivity contribution is -0.123. The van der Waals surface area contributed by atoms with Gasteiger partial charge in [-0.1, -0.05) is 32.4 Å². The third-order valence-electron chi connectivity index (χ3n) is 3.18. The second kappa shape index (κ2) is 6.92. The van der Waals surface area contributed by atoms with Crippen LogP contribution in [0.5, 0.6) is 0 Å². The lowest BCUT2D eigenvalue weighted by atomic mass is 9.94. The average molecular weight is 273 g/mol. The second-order valence-corrected chi connectivity index (χ2v) is 6.89. The van der Waals surface area contributed by atoms with Gasteiger partial charge in [-0.25, -0.2) is 8.42 Å². The van der Waals surface area contributed by atoms with Crippen LogP contribution in [0, 0.1) is 11.8 Å². The molecule has 0 aromatic heterocycles. The van der Waals surface area contributed by atoms with Crippen LogP contribution in [-0.2, 0) is 14.8 Å². The third kappa shape index (κ3) is 5.21. The van der Waals surface area contributed by atoms with Gasteiger partial charge in [0.1, 0.15) is 0 Å². The van der Waals surface area contributed by atoms with Gasteiger partial charge in [0.05, 0.1) is 5.75 Å². The van der Waals surface area contributed by atoms with E-state index in [1.807, 2.05) is 26.0 Å². The molecule has 1 amide bonds. The normalized spacial score (nSPS) is 21.6. The van der Waals surface area contributed by atoms with E-state index >= 15 is 0 Å². The molecule has 0 fully saturated rings. The molecule has 1 rings (SSSR count). The lowest BCUT2D eigenvalue weighted by Crippen LogP contribution is -2.38. The Labute approximate surface area is 110 Å². The zero-order valence-corrected chi connectivity index (χ0v) is 12.0. The molecule has 1 aliphatic carbocycles. The fraction of sp³-hybridized carbons (Fsp3) is 0.769. The molecule has 0 aliphatic heterocycles. The minimum absolute atomic E-state index is 0.0368. The molecular weight excluding hydrogens is 250 g/mol. The quantitative estimate of drug-likeness (QED) is 0.755. The first-order chi connectivity index (χ1) is 8.44. The van der Waals surface area contributed by atoms with E-state index in [1.165, 1.54) is 0 Å². The van der Waals surface area contributed by atoms with Crippen molar-refractivity contribution in [2.75, 3.05) is 5.75 Å². The summed E-state index contributed by atoms with van der Waals surface area (Å²) in [5, 5.41) is 0. The molecule has 0 bridgehead atoms. The molecule has 0 radical (unpaired) electrons. The van der Waals surface area contributed by atoms with Crippen molar-refractivity contribution >= 4 is 15.9 Å². The Hall–Kier alpha value is -0.840. The van der Waals surface area contributed by atoms with Gasteiger partial charge in [-0.2, -0.15) is 0 Å². The van der Waals surface area contributed by atoms with E-state index in [9.17, 15) is 13.2 Å². The highest BCUT2D eigenvalue weighted by Gasteiger charge is 2.24. The van der Waals surface area contributed by atoms with E-state index < -0.39 is 10.0 Å². The molecule has 0 heterocycles. The highest BCUT2D eigenvalue weighted by atomic mass is 32.2. The molecule has 0 spiro atoms. The summed E-state index contributed by atoms with van der Waals surface area (Å²) in [5.74, 6) is -0.407. The van der Waals surface area contributed by atoms with Gasteiger partial charge in [0.2, 0.25) is 15.9 Å². The maximum Gasteiger partial charge on any atom is 0.236 e. The van der Waals surface area contributed by atoms with Crippen molar-refractivity contribution in [2.24, 2.45) is 11.8 Å². The molecule has 18 heavy (non-hydrogen) atoms. The number of hydrogen-bond donors (Lipinski definition) is 1. The van der Waals surface area contributed by atoms with Crippen LogP contribution in [0.3, 0.4) is 0 Å². The molecule has 4 nitrogen and oxygen atoms in total. The average Bonchev–Trinajstić information content (AvgIpc) is 2.29. The van der Waals surface area contributed by atoms with Crippen LogP contribution in [0.1, 0.15) is 46.0 Å². The molecule has 0 saturated carbocycles.